The molecule has 1 aliphatic carbocycles. The molecule has 1 aliphatic rings. The molecule has 1 atom stereocenters. The number of carboxylic acids is 1. The van der Waals surface area contributed by atoms with E-state index < -0.39 is 24.0 Å². The molecule has 0 fully saturated rings. The number of nitrogens with one attached hydrogen (secondary N) is 2. The fourth-order valence-electron chi connectivity index (χ4n) is 4.35. The third-order valence-electron chi connectivity index (χ3n) is 5.94. The van der Waals surface area contributed by atoms with Crippen molar-refractivity contribution in [1.29, 1.82) is 0 Å². The molecule has 3 aromatic carbocycles. The Morgan fingerprint density at radius 1 is 1.00 bits per heavy atom. The Hall–Kier alpha value is -3.65. The summed E-state index contributed by atoms with van der Waals surface area (Å²) in [5, 5.41) is 14.6. The highest BCUT2D eigenvalue weighted by Gasteiger charge is 2.29. The summed E-state index contributed by atoms with van der Waals surface area (Å²) in [6.07, 6.45) is 0.372. The molecule has 0 aromatic heterocycles. The van der Waals surface area contributed by atoms with Gasteiger partial charge in [0.1, 0.15) is 12.6 Å². The topological polar surface area (TPSA) is 105 Å². The summed E-state index contributed by atoms with van der Waals surface area (Å²) in [6.45, 7) is 2.05. The maximum absolute atomic E-state index is 12.9. The molecule has 180 valence electrons. The van der Waals surface area contributed by atoms with E-state index in [1.54, 1.807) is 6.07 Å². The molecule has 8 heteroatoms. The van der Waals surface area contributed by atoms with Crippen molar-refractivity contribution in [3.8, 4) is 11.1 Å². The van der Waals surface area contributed by atoms with Crippen LogP contribution in [0.5, 0.6) is 0 Å². The minimum atomic E-state index is -1.11. The summed E-state index contributed by atoms with van der Waals surface area (Å²) in [5.41, 5.74) is 4.83. The second-order valence-electron chi connectivity index (χ2n) is 8.33. The van der Waals surface area contributed by atoms with E-state index in [0.29, 0.717) is 23.0 Å². The van der Waals surface area contributed by atoms with Crippen LogP contribution in [0.3, 0.4) is 0 Å². The number of anilines is 1. The van der Waals surface area contributed by atoms with Gasteiger partial charge in [-0.25, -0.2) is 9.59 Å². The van der Waals surface area contributed by atoms with Crippen LogP contribution < -0.4 is 10.6 Å². The Kier molecular flexibility index (Phi) is 7.51. The predicted octanol–water partition coefficient (Wildman–Crippen LogP) is 5.79. The highest BCUT2D eigenvalue weighted by atomic mass is 79.9. The first kappa shape index (κ1) is 24.5. The number of aromatic carboxylic acids is 1. The third kappa shape index (κ3) is 5.54. The van der Waals surface area contributed by atoms with E-state index in [1.807, 2.05) is 43.3 Å². The van der Waals surface area contributed by atoms with Crippen molar-refractivity contribution in [2.75, 3.05) is 11.9 Å². The normalized spacial score (nSPS) is 12.9. The zero-order valence-electron chi connectivity index (χ0n) is 19.1. The van der Waals surface area contributed by atoms with Gasteiger partial charge in [-0.1, -0.05) is 77.8 Å². The highest BCUT2D eigenvalue weighted by Crippen LogP contribution is 2.44. The molecular weight excluding hydrogens is 512 g/mol. The van der Waals surface area contributed by atoms with E-state index in [4.69, 9.17) is 4.74 Å². The van der Waals surface area contributed by atoms with Gasteiger partial charge < -0.3 is 20.5 Å². The Morgan fingerprint density at radius 2 is 1.63 bits per heavy atom. The molecule has 2 amide bonds. The average molecular weight is 537 g/mol. The molecule has 35 heavy (non-hydrogen) atoms. The van der Waals surface area contributed by atoms with Crippen molar-refractivity contribution in [1.82, 2.24) is 5.32 Å². The molecule has 0 saturated carbocycles. The number of rotatable bonds is 8. The Balaban J connectivity index is 1.42. The van der Waals surface area contributed by atoms with E-state index in [9.17, 15) is 19.5 Å². The van der Waals surface area contributed by atoms with Crippen molar-refractivity contribution in [2.45, 2.75) is 31.7 Å². The lowest BCUT2D eigenvalue weighted by Crippen LogP contribution is -2.44. The summed E-state index contributed by atoms with van der Waals surface area (Å²) in [7, 11) is 0. The molecule has 0 heterocycles. The van der Waals surface area contributed by atoms with Crippen molar-refractivity contribution >= 4 is 39.6 Å². The molecular formula is C27H25BrN2O5. The second-order valence-corrected chi connectivity index (χ2v) is 9.25. The zero-order valence-corrected chi connectivity index (χ0v) is 20.7. The number of amides is 2. The lowest BCUT2D eigenvalue weighted by Gasteiger charge is -2.19. The van der Waals surface area contributed by atoms with Gasteiger partial charge in [-0.3, -0.25) is 4.79 Å². The van der Waals surface area contributed by atoms with Crippen LogP contribution in [0.25, 0.3) is 11.1 Å². The lowest BCUT2D eigenvalue weighted by molar-refractivity contribution is -0.118. The van der Waals surface area contributed by atoms with Gasteiger partial charge in [-0.2, -0.15) is 0 Å². The Morgan fingerprint density at radius 3 is 2.23 bits per heavy atom. The maximum Gasteiger partial charge on any atom is 0.407 e. The molecule has 0 radical (unpaired) electrons. The van der Waals surface area contributed by atoms with E-state index in [2.05, 4.69) is 38.7 Å². The molecule has 4 rings (SSSR count). The van der Waals surface area contributed by atoms with Gasteiger partial charge in [-0.05, 0) is 46.9 Å². The molecule has 3 aromatic rings. The van der Waals surface area contributed by atoms with E-state index in [-0.39, 0.29) is 18.1 Å². The lowest BCUT2D eigenvalue weighted by atomic mass is 9.98. The van der Waals surface area contributed by atoms with Crippen LogP contribution in [0.15, 0.2) is 71.2 Å². The van der Waals surface area contributed by atoms with E-state index >= 15 is 0 Å². The van der Waals surface area contributed by atoms with Crippen LogP contribution >= 0.6 is 15.9 Å². The number of carboxylic acid groups (broad SMARTS) is 1. The summed E-state index contributed by atoms with van der Waals surface area (Å²) in [6, 6.07) is 19.7. The zero-order chi connectivity index (χ0) is 24.9. The van der Waals surface area contributed by atoms with Crippen molar-refractivity contribution in [3.63, 3.8) is 0 Å². The average Bonchev–Trinajstić information content (AvgIpc) is 3.16. The largest absolute Gasteiger partial charge is 0.478 e. The van der Waals surface area contributed by atoms with E-state index in [0.717, 1.165) is 22.3 Å². The minimum absolute atomic E-state index is 0.0335. The summed E-state index contributed by atoms with van der Waals surface area (Å²) < 4.78 is 6.09. The first-order valence-electron chi connectivity index (χ1n) is 11.3. The molecule has 7 nitrogen and oxygen atoms in total. The molecule has 1 unspecified atom stereocenters. The number of fused-ring (bicyclic) bond motifs is 3. The number of benzene rings is 3. The molecule has 0 bridgehead atoms. The maximum atomic E-state index is 12.9. The SMILES string of the molecule is CCCC(NC(=O)OCC1c2ccccc2-c2ccccc21)C(=O)Nc1cc(Br)cc(C(=O)O)c1. The second kappa shape index (κ2) is 10.7. The van der Waals surface area contributed by atoms with E-state index in [1.165, 1.54) is 12.1 Å². The fraction of sp³-hybridized carbons (Fsp3) is 0.222. The quantitative estimate of drug-likeness (QED) is 0.337. The summed E-state index contributed by atoms with van der Waals surface area (Å²) in [5.74, 6) is -1.64. The van der Waals surface area contributed by atoms with Gasteiger partial charge >= 0.3 is 12.1 Å². The van der Waals surface area contributed by atoms with Gasteiger partial charge in [0, 0.05) is 16.1 Å². The highest BCUT2D eigenvalue weighted by molar-refractivity contribution is 9.10. The number of alkyl carbamates (subject to hydrolysis) is 1. The van der Waals surface area contributed by atoms with Crippen LogP contribution in [0.4, 0.5) is 10.5 Å². The Bertz CT molecular complexity index is 1230. The predicted molar refractivity (Wildman–Crippen MR) is 137 cm³/mol. The van der Waals surface area contributed by atoms with Crippen LogP contribution in [0.2, 0.25) is 0 Å². The van der Waals surface area contributed by atoms with Crippen molar-refractivity contribution in [3.05, 3.63) is 87.9 Å². The van der Waals surface area contributed by atoms with Crippen LogP contribution in [0.1, 0.15) is 47.2 Å². The van der Waals surface area contributed by atoms with Crippen LogP contribution in [-0.4, -0.2) is 35.7 Å². The van der Waals surface area contributed by atoms with Crippen molar-refractivity contribution < 1.29 is 24.2 Å². The standard InChI is InChI=1S/C27H25BrN2O5/c1-2-7-24(25(31)29-18-13-16(26(32)33)12-17(28)14-18)30-27(34)35-15-23-21-10-5-3-8-19(21)20-9-4-6-11-22(20)23/h3-6,8-14,23-24H,2,7,15H2,1H3,(H,29,31)(H,30,34)(H,32,33). The number of hydrogen-bond acceptors (Lipinski definition) is 4. The number of halogens is 1. The molecule has 3 N–H and O–H groups in total. The third-order valence-corrected chi connectivity index (χ3v) is 6.40. The smallest absolute Gasteiger partial charge is 0.407 e. The number of ether oxygens (including phenoxy) is 1. The number of hydrogen-bond donors (Lipinski definition) is 3. The van der Waals surface area contributed by atoms with Gasteiger partial charge in [-0.15, -0.1) is 0 Å². The van der Waals surface area contributed by atoms with Crippen molar-refractivity contribution in [2.24, 2.45) is 0 Å². The monoisotopic (exact) mass is 536 g/mol. The summed E-state index contributed by atoms with van der Waals surface area (Å²) in [4.78, 5) is 36.8. The first-order chi connectivity index (χ1) is 16.9. The van der Waals surface area contributed by atoms with Crippen LogP contribution in [-0.2, 0) is 9.53 Å². The van der Waals surface area contributed by atoms with Gasteiger partial charge in [0.15, 0.2) is 0 Å². The molecule has 0 saturated heterocycles. The first-order valence-corrected chi connectivity index (χ1v) is 12.1. The number of carbonyl (C=O) groups excluding carboxylic acids is 2. The minimum Gasteiger partial charge on any atom is -0.478 e. The summed E-state index contributed by atoms with van der Waals surface area (Å²) >= 11 is 3.25. The molecule has 0 spiro atoms. The Labute approximate surface area is 211 Å². The van der Waals surface area contributed by atoms with Crippen LogP contribution in [0, 0.1) is 0 Å². The van der Waals surface area contributed by atoms with Gasteiger partial charge in [0.25, 0.3) is 0 Å². The van der Waals surface area contributed by atoms with Gasteiger partial charge in [0.05, 0.1) is 5.56 Å². The van der Waals surface area contributed by atoms with Gasteiger partial charge in [0.2, 0.25) is 5.91 Å². The number of carbonyl (C=O) groups is 3. The molecule has 0 aliphatic heterocycles. The fourth-order valence-corrected chi connectivity index (χ4v) is 4.85.